The van der Waals surface area contributed by atoms with Crippen molar-refractivity contribution in [2.45, 2.75) is 32.6 Å². The van der Waals surface area contributed by atoms with Crippen LogP contribution in [0, 0.1) is 0 Å². The molecule has 2 atom stereocenters. The van der Waals surface area contributed by atoms with Crippen LogP contribution < -0.4 is 10.3 Å². The van der Waals surface area contributed by atoms with Gasteiger partial charge in [-0.2, -0.15) is 0 Å². The Morgan fingerprint density at radius 3 is 2.65 bits per heavy atom. The molecule has 1 amide bonds. The first-order valence-electron chi connectivity index (χ1n) is 6.68. The molecule has 0 aliphatic carbocycles. The summed E-state index contributed by atoms with van der Waals surface area (Å²) in [4.78, 5) is 26.0. The molecule has 0 saturated carbocycles. The van der Waals surface area contributed by atoms with E-state index in [4.69, 9.17) is 9.47 Å². The molecular weight excluding hydrogens is 260 g/mol. The van der Waals surface area contributed by atoms with Crippen molar-refractivity contribution < 1.29 is 14.3 Å². The number of pyridine rings is 1. The average molecular weight is 280 g/mol. The molecule has 0 unspecified atom stereocenters. The van der Waals surface area contributed by atoms with Gasteiger partial charge in [0.15, 0.2) is 5.75 Å². The van der Waals surface area contributed by atoms with E-state index in [0.29, 0.717) is 13.1 Å². The van der Waals surface area contributed by atoms with Crippen LogP contribution >= 0.6 is 0 Å². The molecule has 0 radical (unpaired) electrons. The van der Waals surface area contributed by atoms with Crippen molar-refractivity contribution in [3.05, 3.63) is 28.7 Å². The lowest BCUT2D eigenvalue weighted by Gasteiger charge is -2.35. The maximum absolute atomic E-state index is 12.3. The summed E-state index contributed by atoms with van der Waals surface area (Å²) in [5.41, 5.74) is -0.294. The van der Waals surface area contributed by atoms with E-state index in [1.54, 1.807) is 23.2 Å². The van der Waals surface area contributed by atoms with Crippen LogP contribution in [0.15, 0.2) is 23.1 Å². The zero-order valence-corrected chi connectivity index (χ0v) is 12.0. The van der Waals surface area contributed by atoms with Gasteiger partial charge < -0.3 is 18.9 Å². The molecule has 6 heteroatoms. The molecular formula is C14H20N2O4. The lowest BCUT2D eigenvalue weighted by Crippen LogP contribution is -2.49. The highest BCUT2D eigenvalue weighted by atomic mass is 16.5. The van der Waals surface area contributed by atoms with Crippen LogP contribution in [-0.2, 0) is 16.1 Å². The number of aromatic nitrogens is 1. The van der Waals surface area contributed by atoms with Crippen molar-refractivity contribution in [2.24, 2.45) is 0 Å². The van der Waals surface area contributed by atoms with Crippen LogP contribution in [0.3, 0.4) is 0 Å². The van der Waals surface area contributed by atoms with Crippen molar-refractivity contribution in [2.75, 3.05) is 20.2 Å². The minimum Gasteiger partial charge on any atom is -0.491 e. The first-order valence-corrected chi connectivity index (χ1v) is 6.68. The second-order valence-electron chi connectivity index (χ2n) is 5.07. The van der Waals surface area contributed by atoms with Gasteiger partial charge in [-0.05, 0) is 26.0 Å². The van der Waals surface area contributed by atoms with Crippen LogP contribution in [0.25, 0.3) is 0 Å². The van der Waals surface area contributed by atoms with Gasteiger partial charge in [0.25, 0.3) is 5.56 Å². The number of carbonyl (C=O) groups excluding carboxylic acids is 1. The molecule has 1 aromatic heterocycles. The van der Waals surface area contributed by atoms with E-state index in [1.807, 2.05) is 13.8 Å². The molecule has 0 bridgehead atoms. The summed E-state index contributed by atoms with van der Waals surface area (Å²) >= 11 is 0. The van der Waals surface area contributed by atoms with Gasteiger partial charge in [0.2, 0.25) is 5.91 Å². The number of methoxy groups -OCH3 is 1. The SMILES string of the molecule is COc1cccn(CC(=O)N2C[C@@H](C)O[C@@H](C)C2)c1=O. The predicted octanol–water partition coefficient (Wildman–Crippen LogP) is 0.493. The highest BCUT2D eigenvalue weighted by Crippen LogP contribution is 2.11. The van der Waals surface area contributed by atoms with Gasteiger partial charge in [0, 0.05) is 19.3 Å². The third-order valence-electron chi connectivity index (χ3n) is 3.28. The van der Waals surface area contributed by atoms with E-state index in [-0.39, 0.29) is 36.0 Å². The Hall–Kier alpha value is -1.82. The fraction of sp³-hybridized carbons (Fsp3) is 0.571. The van der Waals surface area contributed by atoms with E-state index in [2.05, 4.69) is 0 Å². The molecule has 0 aromatic carbocycles. The molecule has 1 saturated heterocycles. The maximum Gasteiger partial charge on any atom is 0.293 e. The third-order valence-corrected chi connectivity index (χ3v) is 3.28. The van der Waals surface area contributed by atoms with Gasteiger partial charge in [-0.15, -0.1) is 0 Å². The largest absolute Gasteiger partial charge is 0.491 e. The van der Waals surface area contributed by atoms with Gasteiger partial charge in [-0.1, -0.05) is 0 Å². The molecule has 1 aliphatic heterocycles. The van der Waals surface area contributed by atoms with Crippen molar-refractivity contribution >= 4 is 5.91 Å². The monoisotopic (exact) mass is 280 g/mol. The topological polar surface area (TPSA) is 60.8 Å². The Balaban J connectivity index is 2.10. The van der Waals surface area contributed by atoms with Crippen LogP contribution in [0.4, 0.5) is 0 Å². The van der Waals surface area contributed by atoms with E-state index in [0.717, 1.165) is 0 Å². The van der Waals surface area contributed by atoms with Gasteiger partial charge in [-0.25, -0.2) is 0 Å². The van der Waals surface area contributed by atoms with Crippen LogP contribution in [0.1, 0.15) is 13.8 Å². The number of hydrogen-bond donors (Lipinski definition) is 0. The summed E-state index contributed by atoms with van der Waals surface area (Å²) in [5, 5.41) is 0. The highest BCUT2D eigenvalue weighted by Gasteiger charge is 2.26. The standard InChI is InChI=1S/C14H20N2O4/c1-10-7-16(8-11(2)20-10)13(17)9-15-6-4-5-12(19-3)14(15)18/h4-6,10-11H,7-9H2,1-3H3/t10-,11+. The summed E-state index contributed by atoms with van der Waals surface area (Å²) in [6.45, 7) is 5.01. The van der Waals surface area contributed by atoms with Crippen LogP contribution in [-0.4, -0.2) is 47.8 Å². The van der Waals surface area contributed by atoms with E-state index in [1.165, 1.54) is 11.7 Å². The molecule has 2 rings (SSSR count). The summed E-state index contributed by atoms with van der Waals surface area (Å²) < 4.78 is 11.9. The molecule has 0 spiro atoms. The summed E-state index contributed by atoms with van der Waals surface area (Å²) in [6.07, 6.45) is 1.63. The normalized spacial score (nSPS) is 22.6. The Labute approximate surface area is 117 Å². The number of rotatable bonds is 3. The van der Waals surface area contributed by atoms with Gasteiger partial charge in [-0.3, -0.25) is 9.59 Å². The summed E-state index contributed by atoms with van der Waals surface area (Å²) in [6, 6.07) is 3.28. The Kier molecular flexibility index (Phi) is 4.44. The molecule has 110 valence electrons. The fourth-order valence-electron chi connectivity index (χ4n) is 2.42. The number of hydrogen-bond acceptors (Lipinski definition) is 4. The number of ether oxygens (including phenoxy) is 2. The van der Waals surface area contributed by atoms with Crippen LogP contribution in [0.5, 0.6) is 5.75 Å². The van der Waals surface area contributed by atoms with Gasteiger partial charge in [0.05, 0.1) is 19.3 Å². The first-order chi connectivity index (χ1) is 9.51. The number of morpholine rings is 1. The smallest absolute Gasteiger partial charge is 0.293 e. The molecule has 1 aliphatic rings. The lowest BCUT2D eigenvalue weighted by atomic mass is 10.2. The van der Waals surface area contributed by atoms with E-state index >= 15 is 0 Å². The third kappa shape index (κ3) is 3.19. The van der Waals surface area contributed by atoms with Crippen LogP contribution in [0.2, 0.25) is 0 Å². The number of carbonyl (C=O) groups is 1. The fourth-order valence-corrected chi connectivity index (χ4v) is 2.42. The highest BCUT2D eigenvalue weighted by molar-refractivity contribution is 5.76. The zero-order valence-electron chi connectivity index (χ0n) is 12.0. The van der Waals surface area contributed by atoms with Crippen molar-refractivity contribution in [1.82, 2.24) is 9.47 Å². The van der Waals surface area contributed by atoms with Crippen molar-refractivity contribution in [3.8, 4) is 5.75 Å². The number of amides is 1. The minimum atomic E-state index is -0.294. The molecule has 20 heavy (non-hydrogen) atoms. The summed E-state index contributed by atoms with van der Waals surface area (Å²) in [5.74, 6) is 0.159. The molecule has 1 aromatic rings. The number of nitrogens with zero attached hydrogens (tertiary/aromatic N) is 2. The second kappa shape index (κ2) is 6.09. The van der Waals surface area contributed by atoms with Crippen molar-refractivity contribution in [1.29, 1.82) is 0 Å². The molecule has 2 heterocycles. The van der Waals surface area contributed by atoms with Gasteiger partial charge >= 0.3 is 0 Å². The molecule has 0 N–H and O–H groups in total. The maximum atomic E-state index is 12.3. The minimum absolute atomic E-state index is 0.0183. The Morgan fingerprint density at radius 2 is 2.05 bits per heavy atom. The molecule has 1 fully saturated rings. The average Bonchev–Trinajstić information content (AvgIpc) is 2.40. The lowest BCUT2D eigenvalue weighted by molar-refractivity contribution is -0.143. The quantitative estimate of drug-likeness (QED) is 0.808. The Bertz CT molecular complexity index is 530. The predicted molar refractivity (Wildman–Crippen MR) is 73.8 cm³/mol. The molecule has 6 nitrogen and oxygen atoms in total. The first kappa shape index (κ1) is 14.6. The van der Waals surface area contributed by atoms with E-state index in [9.17, 15) is 9.59 Å². The van der Waals surface area contributed by atoms with Gasteiger partial charge in [0.1, 0.15) is 6.54 Å². The van der Waals surface area contributed by atoms with Crippen molar-refractivity contribution in [3.63, 3.8) is 0 Å². The van der Waals surface area contributed by atoms with E-state index < -0.39 is 0 Å². The second-order valence-corrected chi connectivity index (χ2v) is 5.07. The Morgan fingerprint density at radius 1 is 1.40 bits per heavy atom. The zero-order chi connectivity index (χ0) is 14.7. The summed E-state index contributed by atoms with van der Waals surface area (Å²) in [7, 11) is 1.44.